The number of hydrogen-bond donors (Lipinski definition) is 0. The van der Waals surface area contributed by atoms with Crippen molar-refractivity contribution in [3.05, 3.63) is 0 Å². The molecule has 0 aliphatic carbocycles. The van der Waals surface area contributed by atoms with E-state index in [-0.39, 0.29) is 23.7 Å². The van der Waals surface area contributed by atoms with E-state index in [1.54, 1.807) is 4.90 Å². The highest BCUT2D eigenvalue weighted by Crippen LogP contribution is 2.34. The Balaban J connectivity index is 1.54. The van der Waals surface area contributed by atoms with Crippen LogP contribution in [0.3, 0.4) is 0 Å². The van der Waals surface area contributed by atoms with E-state index in [9.17, 15) is 13.2 Å². The first-order chi connectivity index (χ1) is 11.6. The smallest absolute Gasteiger partial charge is 0.223 e. The second-order valence-electron chi connectivity index (χ2n) is 8.82. The second kappa shape index (κ2) is 6.79. The molecule has 3 fully saturated rings. The number of rotatable bonds is 3. The van der Waals surface area contributed by atoms with Gasteiger partial charge in [-0.2, -0.15) is 0 Å². The lowest BCUT2D eigenvalue weighted by Crippen LogP contribution is -2.71. The number of amides is 1. The van der Waals surface area contributed by atoms with Crippen molar-refractivity contribution in [2.24, 2.45) is 5.41 Å². The van der Waals surface area contributed by atoms with Gasteiger partial charge in [-0.1, -0.05) is 20.8 Å². The van der Waals surface area contributed by atoms with E-state index in [1.165, 1.54) is 0 Å². The van der Waals surface area contributed by atoms with Crippen molar-refractivity contribution in [1.82, 2.24) is 9.80 Å². The van der Waals surface area contributed by atoms with E-state index >= 15 is 0 Å². The highest BCUT2D eigenvalue weighted by atomic mass is 32.2. The number of morpholine rings is 1. The van der Waals surface area contributed by atoms with Crippen LogP contribution in [0.1, 0.15) is 27.2 Å². The molecule has 8 heteroatoms. The lowest BCUT2D eigenvalue weighted by molar-refractivity contribution is -0.167. The van der Waals surface area contributed by atoms with Crippen molar-refractivity contribution in [1.29, 1.82) is 0 Å². The zero-order valence-corrected chi connectivity index (χ0v) is 16.3. The summed E-state index contributed by atoms with van der Waals surface area (Å²) in [6.45, 7) is 10.4. The molecule has 25 heavy (non-hydrogen) atoms. The van der Waals surface area contributed by atoms with Gasteiger partial charge in [-0.15, -0.1) is 0 Å². The molecule has 1 spiro atoms. The molecule has 0 N–H and O–H groups in total. The predicted molar refractivity (Wildman–Crippen MR) is 94.2 cm³/mol. The zero-order chi connectivity index (χ0) is 18.3. The molecule has 0 radical (unpaired) electrons. The van der Waals surface area contributed by atoms with E-state index in [4.69, 9.17) is 9.47 Å². The molecule has 144 valence electrons. The van der Waals surface area contributed by atoms with Gasteiger partial charge in [0.2, 0.25) is 5.91 Å². The Bertz CT molecular complexity index is 601. The van der Waals surface area contributed by atoms with Gasteiger partial charge in [-0.3, -0.25) is 9.69 Å². The molecule has 3 heterocycles. The fraction of sp³-hybridized carbons (Fsp3) is 0.941. The molecule has 0 aromatic rings. The van der Waals surface area contributed by atoms with Crippen LogP contribution in [0, 0.1) is 5.41 Å². The van der Waals surface area contributed by atoms with Crippen molar-refractivity contribution in [2.75, 3.05) is 58.3 Å². The molecule has 3 aliphatic rings. The molecule has 0 aromatic heterocycles. The Labute approximate surface area is 150 Å². The summed E-state index contributed by atoms with van der Waals surface area (Å²) in [7, 11) is -3.22. The zero-order valence-electron chi connectivity index (χ0n) is 15.5. The van der Waals surface area contributed by atoms with Crippen molar-refractivity contribution in [3.8, 4) is 0 Å². The molecule has 0 aromatic carbocycles. The normalized spacial score (nSPS) is 29.4. The Hall–Kier alpha value is -0.700. The quantitative estimate of drug-likeness (QED) is 0.700. The molecule has 3 saturated heterocycles. The largest absolute Gasteiger partial charge is 0.379 e. The molecule has 3 rings (SSSR count). The maximum absolute atomic E-state index is 12.7. The highest BCUT2D eigenvalue weighted by molar-refractivity contribution is 7.92. The maximum Gasteiger partial charge on any atom is 0.223 e. The monoisotopic (exact) mass is 374 g/mol. The van der Waals surface area contributed by atoms with Crippen LogP contribution in [0.25, 0.3) is 0 Å². The summed E-state index contributed by atoms with van der Waals surface area (Å²) in [6, 6.07) is 0. The first-order valence-electron chi connectivity index (χ1n) is 9.02. The van der Waals surface area contributed by atoms with E-state index in [2.05, 4.69) is 4.90 Å². The number of nitrogens with zero attached hydrogens (tertiary/aromatic N) is 2. The van der Waals surface area contributed by atoms with Crippen LogP contribution < -0.4 is 0 Å². The first-order valence-corrected chi connectivity index (χ1v) is 10.7. The van der Waals surface area contributed by atoms with Crippen LogP contribution in [-0.4, -0.2) is 93.3 Å². The number of sulfone groups is 1. The third kappa shape index (κ3) is 4.53. The van der Waals surface area contributed by atoms with Crippen LogP contribution in [0.15, 0.2) is 0 Å². The number of carbonyl (C=O) groups is 1. The van der Waals surface area contributed by atoms with Gasteiger partial charge in [-0.05, 0) is 5.41 Å². The van der Waals surface area contributed by atoms with Gasteiger partial charge >= 0.3 is 0 Å². The van der Waals surface area contributed by atoms with Crippen molar-refractivity contribution >= 4 is 15.7 Å². The van der Waals surface area contributed by atoms with E-state index in [0.29, 0.717) is 39.3 Å². The Morgan fingerprint density at radius 3 is 2.40 bits per heavy atom. The minimum atomic E-state index is -3.22. The van der Waals surface area contributed by atoms with Gasteiger partial charge < -0.3 is 14.4 Å². The van der Waals surface area contributed by atoms with Crippen LogP contribution in [0.5, 0.6) is 0 Å². The van der Waals surface area contributed by atoms with Crippen molar-refractivity contribution < 1.29 is 22.7 Å². The third-order valence-corrected chi connectivity index (χ3v) is 7.33. The Morgan fingerprint density at radius 1 is 1.20 bits per heavy atom. The maximum atomic E-state index is 12.7. The van der Waals surface area contributed by atoms with Gasteiger partial charge in [0.15, 0.2) is 9.84 Å². The number of hydrogen-bond acceptors (Lipinski definition) is 6. The molecule has 1 amide bonds. The number of ether oxygens (including phenoxy) is 2. The fourth-order valence-corrected chi connectivity index (χ4v) is 5.66. The second-order valence-corrected chi connectivity index (χ2v) is 11.1. The minimum Gasteiger partial charge on any atom is -0.379 e. The Kier molecular flexibility index (Phi) is 5.18. The van der Waals surface area contributed by atoms with Gasteiger partial charge in [0.1, 0.15) is 5.60 Å². The molecular formula is C17H30N2O5S. The molecule has 0 unspecified atom stereocenters. The van der Waals surface area contributed by atoms with Crippen LogP contribution >= 0.6 is 0 Å². The van der Waals surface area contributed by atoms with Gasteiger partial charge in [0.05, 0.1) is 43.9 Å². The molecule has 0 saturated carbocycles. The van der Waals surface area contributed by atoms with Crippen molar-refractivity contribution in [3.63, 3.8) is 0 Å². The first kappa shape index (κ1) is 19.1. The average Bonchev–Trinajstić information content (AvgIpc) is 2.46. The molecule has 7 nitrogen and oxygen atoms in total. The summed E-state index contributed by atoms with van der Waals surface area (Å²) in [5.74, 6) is 0.100. The number of likely N-dealkylation sites (tertiary alicyclic amines) is 1. The van der Waals surface area contributed by atoms with Crippen LogP contribution in [-0.2, 0) is 24.1 Å². The minimum absolute atomic E-state index is 0.0221. The van der Waals surface area contributed by atoms with Crippen molar-refractivity contribution in [2.45, 2.75) is 38.0 Å². The molecular weight excluding hydrogens is 344 g/mol. The fourth-order valence-electron chi connectivity index (χ4n) is 3.71. The number of carbonyl (C=O) groups excluding carboxylic acids is 1. The summed E-state index contributed by atoms with van der Waals surface area (Å²) >= 11 is 0. The summed E-state index contributed by atoms with van der Waals surface area (Å²) < 4.78 is 36.7. The predicted octanol–water partition coefficient (Wildman–Crippen LogP) is 0.149. The summed E-state index contributed by atoms with van der Waals surface area (Å²) in [5.41, 5.74) is -0.753. The van der Waals surface area contributed by atoms with Gasteiger partial charge in [-0.25, -0.2) is 8.42 Å². The summed E-state index contributed by atoms with van der Waals surface area (Å²) in [4.78, 5) is 16.1. The van der Waals surface area contributed by atoms with Gasteiger partial charge in [0.25, 0.3) is 0 Å². The van der Waals surface area contributed by atoms with Crippen LogP contribution in [0.2, 0.25) is 0 Å². The standard InChI is InChI=1S/C17H30N2O5S/c1-16(2,3)8-15(20)19-11-17(12-19)13-25(21,22)14(10-24-17)9-18-4-6-23-7-5-18/h14H,4-13H2,1-3H3/t14-/m0/s1. The topological polar surface area (TPSA) is 76.2 Å². The van der Waals surface area contributed by atoms with Crippen LogP contribution in [0.4, 0.5) is 0 Å². The highest BCUT2D eigenvalue weighted by Gasteiger charge is 2.54. The van der Waals surface area contributed by atoms with E-state index in [1.807, 2.05) is 20.8 Å². The SMILES string of the molecule is CC(C)(C)CC(=O)N1CC2(C1)CS(=O)(=O)[C@@H](CN1CCOCC1)CO2. The Morgan fingerprint density at radius 2 is 1.84 bits per heavy atom. The lowest BCUT2D eigenvalue weighted by atomic mass is 9.89. The van der Waals surface area contributed by atoms with Gasteiger partial charge in [0, 0.05) is 26.1 Å². The molecule has 3 aliphatic heterocycles. The lowest BCUT2D eigenvalue weighted by Gasteiger charge is -2.52. The average molecular weight is 375 g/mol. The molecule has 0 bridgehead atoms. The summed E-state index contributed by atoms with van der Waals surface area (Å²) in [5, 5.41) is -0.476. The molecule has 1 atom stereocenters. The van der Waals surface area contributed by atoms with E-state index < -0.39 is 20.7 Å². The van der Waals surface area contributed by atoms with E-state index in [0.717, 1.165) is 13.1 Å². The summed E-state index contributed by atoms with van der Waals surface area (Å²) in [6.07, 6.45) is 0.468. The third-order valence-electron chi connectivity index (χ3n) is 5.11.